The van der Waals surface area contributed by atoms with Crippen molar-refractivity contribution in [2.75, 3.05) is 33.6 Å². The molecule has 32 heavy (non-hydrogen) atoms. The normalized spacial score (nSPS) is 15.6. The van der Waals surface area contributed by atoms with E-state index < -0.39 is 0 Å². The fraction of sp³-hybridized carbons (Fsp3) is 0.364. The van der Waals surface area contributed by atoms with E-state index in [2.05, 4.69) is 15.5 Å². The van der Waals surface area contributed by atoms with Gasteiger partial charge in [0.05, 0.1) is 38.8 Å². The molecule has 1 aromatic heterocycles. The highest BCUT2D eigenvalue weighted by Gasteiger charge is 2.32. The molecule has 1 fully saturated rings. The number of aromatic nitrogens is 4. The van der Waals surface area contributed by atoms with Crippen LogP contribution in [0.25, 0.3) is 5.69 Å². The molecule has 0 N–H and O–H groups in total. The Balaban J connectivity index is 1.47. The van der Waals surface area contributed by atoms with Crippen LogP contribution in [0.2, 0.25) is 0 Å². The first-order valence-corrected chi connectivity index (χ1v) is 11.2. The third-order valence-electron chi connectivity index (χ3n) is 5.45. The summed E-state index contributed by atoms with van der Waals surface area (Å²) in [7, 11) is 4.89. The second kappa shape index (κ2) is 9.90. The van der Waals surface area contributed by atoms with E-state index in [1.807, 2.05) is 47.4 Å². The molecule has 1 aliphatic rings. The van der Waals surface area contributed by atoms with Crippen molar-refractivity contribution in [3.63, 3.8) is 0 Å². The van der Waals surface area contributed by atoms with Crippen LogP contribution < -0.4 is 14.2 Å². The van der Waals surface area contributed by atoms with Gasteiger partial charge in [-0.05, 0) is 65.7 Å². The number of hydrogen-bond donors (Lipinski definition) is 0. The van der Waals surface area contributed by atoms with Crippen LogP contribution in [0.3, 0.4) is 0 Å². The Morgan fingerprint density at radius 3 is 2.53 bits per heavy atom. The molecule has 4 rings (SSSR count). The van der Waals surface area contributed by atoms with E-state index >= 15 is 0 Å². The van der Waals surface area contributed by atoms with Gasteiger partial charge in [-0.2, -0.15) is 4.68 Å². The van der Waals surface area contributed by atoms with Crippen molar-refractivity contribution in [3.8, 4) is 22.9 Å². The highest BCUT2D eigenvalue weighted by molar-refractivity contribution is 7.99. The molecule has 1 aliphatic heterocycles. The van der Waals surface area contributed by atoms with Crippen molar-refractivity contribution in [1.29, 1.82) is 0 Å². The van der Waals surface area contributed by atoms with Crippen LogP contribution >= 0.6 is 11.8 Å². The van der Waals surface area contributed by atoms with E-state index in [9.17, 15) is 4.79 Å². The Kier molecular flexibility index (Phi) is 6.79. The van der Waals surface area contributed by atoms with Gasteiger partial charge in [0.25, 0.3) is 0 Å². The lowest BCUT2D eigenvalue weighted by Crippen LogP contribution is -2.32. The molecular weight excluding hydrogens is 430 g/mol. The number of hydrogen-bond acceptors (Lipinski definition) is 8. The molecule has 2 heterocycles. The fourth-order valence-electron chi connectivity index (χ4n) is 3.85. The first kappa shape index (κ1) is 21.9. The zero-order valence-corrected chi connectivity index (χ0v) is 19.0. The zero-order chi connectivity index (χ0) is 22.5. The standard InChI is InChI=1S/C22H25N5O4S/c1-29-16-8-6-15(7-9-16)27-22(23-24-25-27)32-14-21(28)26-12-4-5-19(26)18-13-17(30-2)10-11-20(18)31-3/h6-11,13,19H,4-5,12,14H2,1-3H3. The van der Waals surface area contributed by atoms with E-state index in [1.54, 1.807) is 26.0 Å². The lowest BCUT2D eigenvalue weighted by atomic mass is 10.0. The van der Waals surface area contributed by atoms with Gasteiger partial charge >= 0.3 is 0 Å². The summed E-state index contributed by atoms with van der Waals surface area (Å²) >= 11 is 1.32. The molecule has 0 spiro atoms. The summed E-state index contributed by atoms with van der Waals surface area (Å²) in [5.74, 6) is 2.52. The van der Waals surface area contributed by atoms with Gasteiger partial charge in [0, 0.05) is 12.1 Å². The van der Waals surface area contributed by atoms with Crippen LogP contribution in [-0.2, 0) is 4.79 Å². The second-order valence-corrected chi connectivity index (χ2v) is 8.16. The summed E-state index contributed by atoms with van der Waals surface area (Å²) in [5, 5.41) is 12.5. The minimum absolute atomic E-state index is 0.0339. The quantitative estimate of drug-likeness (QED) is 0.479. The Bertz CT molecular complexity index is 1070. The number of ether oxygens (including phenoxy) is 3. The smallest absolute Gasteiger partial charge is 0.233 e. The van der Waals surface area contributed by atoms with E-state index in [0.29, 0.717) is 11.7 Å². The van der Waals surface area contributed by atoms with Crippen molar-refractivity contribution in [2.45, 2.75) is 24.0 Å². The molecule has 3 aromatic rings. The summed E-state index contributed by atoms with van der Waals surface area (Å²) in [5.41, 5.74) is 1.76. The van der Waals surface area contributed by atoms with Gasteiger partial charge in [-0.25, -0.2) is 0 Å². The maximum atomic E-state index is 13.1. The predicted molar refractivity (Wildman–Crippen MR) is 120 cm³/mol. The van der Waals surface area contributed by atoms with E-state index in [4.69, 9.17) is 14.2 Å². The second-order valence-electron chi connectivity index (χ2n) is 7.21. The summed E-state index contributed by atoms with van der Waals surface area (Å²) in [6.45, 7) is 0.702. The Hall–Kier alpha value is -3.27. The average Bonchev–Trinajstić information content (AvgIpc) is 3.52. The highest BCUT2D eigenvalue weighted by atomic mass is 32.2. The zero-order valence-electron chi connectivity index (χ0n) is 18.2. The third kappa shape index (κ3) is 4.50. The first-order valence-electron chi connectivity index (χ1n) is 10.2. The molecule has 9 nitrogen and oxygen atoms in total. The molecule has 1 atom stereocenters. The molecule has 1 amide bonds. The largest absolute Gasteiger partial charge is 0.497 e. The number of carbonyl (C=O) groups is 1. The van der Waals surface area contributed by atoms with Crippen molar-refractivity contribution >= 4 is 17.7 Å². The summed E-state index contributed by atoms with van der Waals surface area (Å²) in [6, 6.07) is 13.1. The van der Waals surface area contributed by atoms with Gasteiger partial charge in [-0.3, -0.25) is 4.79 Å². The number of methoxy groups -OCH3 is 3. The average molecular weight is 456 g/mol. The molecule has 0 radical (unpaired) electrons. The minimum atomic E-state index is -0.0502. The lowest BCUT2D eigenvalue weighted by Gasteiger charge is -2.26. The maximum Gasteiger partial charge on any atom is 0.233 e. The van der Waals surface area contributed by atoms with E-state index in [0.717, 1.165) is 41.3 Å². The Morgan fingerprint density at radius 1 is 1.06 bits per heavy atom. The van der Waals surface area contributed by atoms with Crippen molar-refractivity contribution < 1.29 is 19.0 Å². The number of thioether (sulfide) groups is 1. The summed E-state index contributed by atoms with van der Waals surface area (Å²) in [4.78, 5) is 15.1. The summed E-state index contributed by atoms with van der Waals surface area (Å²) < 4.78 is 17.7. The third-order valence-corrected chi connectivity index (χ3v) is 6.36. The molecule has 1 unspecified atom stereocenters. The molecule has 0 bridgehead atoms. The first-order chi connectivity index (χ1) is 15.6. The van der Waals surface area contributed by atoms with Gasteiger partial charge in [0.2, 0.25) is 11.1 Å². The SMILES string of the molecule is COc1ccc(-n2nnnc2SCC(=O)N2CCCC2c2cc(OC)ccc2OC)cc1. The molecular formula is C22H25N5O4S. The van der Waals surface area contributed by atoms with Crippen LogP contribution in [-0.4, -0.2) is 64.6 Å². The number of nitrogens with zero attached hydrogens (tertiary/aromatic N) is 5. The van der Waals surface area contributed by atoms with Gasteiger partial charge in [0.1, 0.15) is 17.2 Å². The van der Waals surface area contributed by atoms with E-state index in [-0.39, 0.29) is 17.7 Å². The molecule has 2 aromatic carbocycles. The monoisotopic (exact) mass is 455 g/mol. The van der Waals surface area contributed by atoms with Gasteiger partial charge < -0.3 is 19.1 Å². The van der Waals surface area contributed by atoms with Crippen molar-refractivity contribution in [3.05, 3.63) is 48.0 Å². The molecule has 168 valence electrons. The van der Waals surface area contributed by atoms with Crippen LogP contribution in [0.5, 0.6) is 17.2 Å². The minimum Gasteiger partial charge on any atom is -0.497 e. The lowest BCUT2D eigenvalue weighted by molar-refractivity contribution is -0.129. The maximum absolute atomic E-state index is 13.1. The fourth-order valence-corrected chi connectivity index (χ4v) is 4.63. The number of likely N-dealkylation sites (tertiary alicyclic amines) is 1. The van der Waals surface area contributed by atoms with Crippen LogP contribution in [0.4, 0.5) is 0 Å². The van der Waals surface area contributed by atoms with Gasteiger partial charge in [-0.15, -0.1) is 5.10 Å². The molecule has 0 aliphatic carbocycles. The van der Waals surface area contributed by atoms with Gasteiger partial charge in [0.15, 0.2) is 0 Å². The van der Waals surface area contributed by atoms with Crippen molar-refractivity contribution in [2.24, 2.45) is 0 Å². The van der Waals surface area contributed by atoms with Crippen LogP contribution in [0, 0.1) is 0 Å². The Morgan fingerprint density at radius 2 is 1.81 bits per heavy atom. The van der Waals surface area contributed by atoms with Crippen LogP contribution in [0.15, 0.2) is 47.6 Å². The van der Waals surface area contributed by atoms with Crippen LogP contribution in [0.1, 0.15) is 24.4 Å². The summed E-state index contributed by atoms with van der Waals surface area (Å²) in [6.07, 6.45) is 1.81. The number of rotatable bonds is 8. The number of benzene rings is 2. The number of carbonyl (C=O) groups excluding carboxylic acids is 1. The molecule has 0 saturated carbocycles. The predicted octanol–water partition coefficient (Wildman–Crippen LogP) is 3.14. The molecule has 10 heteroatoms. The number of amides is 1. The topological polar surface area (TPSA) is 91.6 Å². The van der Waals surface area contributed by atoms with Gasteiger partial charge in [-0.1, -0.05) is 11.8 Å². The number of tetrazole rings is 1. The molecule has 1 saturated heterocycles. The van der Waals surface area contributed by atoms with E-state index in [1.165, 1.54) is 11.8 Å². The van der Waals surface area contributed by atoms with Crippen molar-refractivity contribution in [1.82, 2.24) is 25.1 Å². The Labute approximate surface area is 190 Å². The highest BCUT2D eigenvalue weighted by Crippen LogP contribution is 2.39.